The highest BCUT2D eigenvalue weighted by atomic mass is 35.5. The number of hydrogen-bond donors (Lipinski definition) is 1. The number of β-amino-alcohol motifs (C(OH)–C–C–N with tert-alkyl or cyclic N) is 1. The Morgan fingerprint density at radius 1 is 1.18 bits per heavy atom. The number of imide groups is 1. The van der Waals surface area contributed by atoms with E-state index in [2.05, 4.69) is 5.10 Å². The lowest BCUT2D eigenvalue weighted by Crippen LogP contribution is -2.41. The van der Waals surface area contributed by atoms with Crippen molar-refractivity contribution in [1.82, 2.24) is 19.6 Å². The number of thioether (sulfide) groups is 1. The molecule has 206 valence electrons. The smallest absolute Gasteiger partial charge is 0.390 e. The number of rotatable bonds is 7. The van der Waals surface area contributed by atoms with Crippen LogP contribution in [0.2, 0.25) is 5.02 Å². The van der Waals surface area contributed by atoms with Crippen molar-refractivity contribution in [2.75, 3.05) is 26.2 Å². The first kappa shape index (κ1) is 27.6. The molecule has 2 saturated heterocycles. The van der Waals surface area contributed by atoms with Crippen molar-refractivity contribution in [3.8, 4) is 0 Å². The molecule has 1 N–H and O–H groups in total. The van der Waals surface area contributed by atoms with E-state index in [9.17, 15) is 32.3 Å². The molecule has 39 heavy (non-hydrogen) atoms. The summed E-state index contributed by atoms with van der Waals surface area (Å²) in [6.45, 7) is 0.594. The molecule has 2 atom stereocenters. The molecule has 2 amide bonds. The lowest BCUT2D eigenvalue weighted by atomic mass is 10.1. The standard InChI is InChI=1S/C26H23ClF4N4O3S/c27-18-3-2-16(21(9-18)26(29,30)31)11-35-22-4-1-15(7-17(22)10-32-35)8-23-24(37)34(25(38)39-23)14-20(36)13-33-6-5-19(28)12-33/h1-4,7-10,19-20,36H,5-6,11-14H2. The lowest BCUT2D eigenvalue weighted by Gasteiger charge is -2.22. The fourth-order valence-corrected chi connectivity index (χ4v) is 5.78. The second-order valence-corrected chi connectivity index (χ2v) is 10.9. The number of aliphatic hydroxyl groups excluding tert-OH is 1. The topological polar surface area (TPSA) is 78.7 Å². The van der Waals surface area contributed by atoms with E-state index in [1.807, 2.05) is 0 Å². The van der Waals surface area contributed by atoms with Gasteiger partial charge < -0.3 is 5.11 Å². The van der Waals surface area contributed by atoms with Gasteiger partial charge in [-0.3, -0.25) is 24.1 Å². The minimum Gasteiger partial charge on any atom is -0.390 e. The van der Waals surface area contributed by atoms with E-state index in [4.69, 9.17) is 11.6 Å². The molecule has 2 fully saturated rings. The third-order valence-electron chi connectivity index (χ3n) is 6.61. The van der Waals surface area contributed by atoms with Gasteiger partial charge in [0.25, 0.3) is 11.1 Å². The van der Waals surface area contributed by atoms with Gasteiger partial charge in [-0.2, -0.15) is 18.3 Å². The Kier molecular flexibility index (Phi) is 7.73. The van der Waals surface area contributed by atoms with Gasteiger partial charge in [0.05, 0.1) is 41.4 Å². The molecule has 7 nitrogen and oxygen atoms in total. The Labute approximate surface area is 230 Å². The Morgan fingerprint density at radius 2 is 1.97 bits per heavy atom. The predicted molar refractivity (Wildman–Crippen MR) is 140 cm³/mol. The zero-order chi connectivity index (χ0) is 27.9. The summed E-state index contributed by atoms with van der Waals surface area (Å²) in [5.74, 6) is -0.535. The zero-order valence-corrected chi connectivity index (χ0v) is 21.9. The van der Waals surface area contributed by atoms with Gasteiger partial charge in [0.15, 0.2) is 0 Å². The quantitative estimate of drug-likeness (QED) is 0.305. The summed E-state index contributed by atoms with van der Waals surface area (Å²) in [5.41, 5.74) is 0.375. The number of carbonyl (C=O) groups is 2. The molecule has 0 radical (unpaired) electrons. The minimum absolute atomic E-state index is 0.0125. The largest absolute Gasteiger partial charge is 0.416 e. The molecule has 5 rings (SSSR count). The van der Waals surface area contributed by atoms with Gasteiger partial charge in [-0.05, 0) is 59.7 Å². The summed E-state index contributed by atoms with van der Waals surface area (Å²) < 4.78 is 55.3. The number of aromatic nitrogens is 2. The lowest BCUT2D eigenvalue weighted by molar-refractivity contribution is -0.138. The number of amides is 2. The molecule has 0 spiro atoms. The minimum atomic E-state index is -4.57. The van der Waals surface area contributed by atoms with Crippen LogP contribution in [0.25, 0.3) is 17.0 Å². The molecule has 0 aliphatic carbocycles. The molecule has 0 saturated carbocycles. The molecule has 0 bridgehead atoms. The number of carbonyl (C=O) groups excluding carboxylic acids is 2. The molecule has 2 unspecified atom stereocenters. The van der Waals surface area contributed by atoms with E-state index in [0.717, 1.165) is 22.7 Å². The molecular formula is C26H23ClF4N4O3S. The van der Waals surface area contributed by atoms with Crippen molar-refractivity contribution in [3.63, 3.8) is 0 Å². The molecule has 2 aliphatic rings. The summed E-state index contributed by atoms with van der Waals surface area (Å²) in [6.07, 6.45) is -3.04. The second kappa shape index (κ2) is 10.9. The Balaban J connectivity index is 1.30. The number of hydrogen-bond acceptors (Lipinski definition) is 6. The van der Waals surface area contributed by atoms with Crippen molar-refractivity contribution in [2.24, 2.45) is 0 Å². The maximum absolute atomic E-state index is 13.5. The van der Waals surface area contributed by atoms with Crippen LogP contribution >= 0.6 is 23.4 Å². The highest BCUT2D eigenvalue weighted by Gasteiger charge is 2.37. The first-order chi connectivity index (χ1) is 18.5. The number of aliphatic hydroxyl groups is 1. The summed E-state index contributed by atoms with van der Waals surface area (Å²) in [6, 6.07) is 8.68. The fraction of sp³-hybridized carbons (Fsp3) is 0.346. The van der Waals surface area contributed by atoms with Crippen LogP contribution in [0.5, 0.6) is 0 Å². The number of benzene rings is 2. The van der Waals surface area contributed by atoms with Gasteiger partial charge in [0.1, 0.15) is 6.17 Å². The van der Waals surface area contributed by atoms with Gasteiger partial charge in [-0.15, -0.1) is 0 Å². The van der Waals surface area contributed by atoms with Crippen LogP contribution in [0.1, 0.15) is 23.1 Å². The van der Waals surface area contributed by atoms with E-state index in [1.54, 1.807) is 29.2 Å². The van der Waals surface area contributed by atoms with Crippen molar-refractivity contribution < 1.29 is 32.3 Å². The van der Waals surface area contributed by atoms with E-state index in [-0.39, 0.29) is 41.7 Å². The van der Waals surface area contributed by atoms with Crippen LogP contribution < -0.4 is 0 Å². The molecule has 2 aromatic carbocycles. The first-order valence-electron chi connectivity index (χ1n) is 12.1. The summed E-state index contributed by atoms with van der Waals surface area (Å²) >= 11 is 6.53. The van der Waals surface area contributed by atoms with Crippen LogP contribution in [0.3, 0.4) is 0 Å². The normalized spacial score (nSPS) is 20.6. The predicted octanol–water partition coefficient (Wildman–Crippen LogP) is 5.20. The van der Waals surface area contributed by atoms with E-state index in [0.29, 0.717) is 29.4 Å². The molecule has 3 aromatic rings. The molecule has 2 aliphatic heterocycles. The van der Waals surface area contributed by atoms with Crippen LogP contribution in [0, 0.1) is 0 Å². The SMILES string of the molecule is O=C1SC(=Cc2ccc3c(cnn3Cc3ccc(Cl)cc3C(F)(F)F)c2)C(=O)N1CC(O)CN1CCC(F)C1. The highest BCUT2D eigenvalue weighted by molar-refractivity contribution is 8.18. The maximum Gasteiger partial charge on any atom is 0.416 e. The van der Waals surface area contributed by atoms with E-state index >= 15 is 0 Å². The summed E-state index contributed by atoms with van der Waals surface area (Å²) in [4.78, 5) is 28.2. The van der Waals surface area contributed by atoms with Gasteiger partial charge in [-0.1, -0.05) is 23.7 Å². The van der Waals surface area contributed by atoms with Crippen LogP contribution in [0.4, 0.5) is 22.4 Å². The van der Waals surface area contributed by atoms with Crippen molar-refractivity contribution in [3.05, 3.63) is 69.2 Å². The molecular weight excluding hydrogens is 560 g/mol. The van der Waals surface area contributed by atoms with E-state index in [1.165, 1.54) is 23.0 Å². The maximum atomic E-state index is 13.5. The van der Waals surface area contributed by atoms with Crippen LogP contribution in [-0.2, 0) is 17.5 Å². The number of fused-ring (bicyclic) bond motifs is 1. The van der Waals surface area contributed by atoms with Gasteiger partial charge in [-0.25, -0.2) is 4.39 Å². The number of halogens is 5. The summed E-state index contributed by atoms with van der Waals surface area (Å²) in [5, 5.41) is 14.7. The average molecular weight is 583 g/mol. The Hall–Kier alpha value is -2.93. The zero-order valence-electron chi connectivity index (χ0n) is 20.4. The Bertz CT molecular complexity index is 1460. The first-order valence-corrected chi connectivity index (χ1v) is 13.3. The van der Waals surface area contributed by atoms with Crippen LogP contribution in [0.15, 0.2) is 47.5 Å². The number of alkyl halides is 4. The highest BCUT2D eigenvalue weighted by Crippen LogP contribution is 2.35. The molecule has 13 heteroatoms. The van der Waals surface area contributed by atoms with Gasteiger partial charge in [0.2, 0.25) is 0 Å². The fourth-order valence-electron chi connectivity index (χ4n) is 4.76. The third kappa shape index (κ3) is 6.13. The third-order valence-corrected chi connectivity index (χ3v) is 7.75. The van der Waals surface area contributed by atoms with Crippen molar-refractivity contribution >= 4 is 51.5 Å². The average Bonchev–Trinajstić information content (AvgIpc) is 3.53. The van der Waals surface area contributed by atoms with E-state index < -0.39 is 35.2 Å². The monoisotopic (exact) mass is 582 g/mol. The number of nitrogens with zero attached hydrogens (tertiary/aromatic N) is 4. The Morgan fingerprint density at radius 3 is 2.69 bits per heavy atom. The van der Waals surface area contributed by atoms with Crippen molar-refractivity contribution in [1.29, 1.82) is 0 Å². The molecule has 3 heterocycles. The second-order valence-electron chi connectivity index (χ2n) is 9.51. The molecule has 1 aromatic heterocycles. The summed E-state index contributed by atoms with van der Waals surface area (Å²) in [7, 11) is 0. The van der Waals surface area contributed by atoms with Gasteiger partial charge in [0, 0.05) is 30.0 Å². The van der Waals surface area contributed by atoms with Crippen LogP contribution in [-0.4, -0.2) is 74.3 Å². The number of likely N-dealkylation sites (tertiary alicyclic amines) is 1. The van der Waals surface area contributed by atoms with Crippen molar-refractivity contribution in [2.45, 2.75) is 31.4 Å². The van der Waals surface area contributed by atoms with Gasteiger partial charge >= 0.3 is 6.18 Å².